The van der Waals surface area contributed by atoms with Crippen LogP contribution in [0.3, 0.4) is 0 Å². The number of hydrogen-bond acceptors (Lipinski definition) is 5. The summed E-state index contributed by atoms with van der Waals surface area (Å²) in [7, 11) is 0. The van der Waals surface area contributed by atoms with E-state index in [1.165, 1.54) is 22.1 Å². The van der Waals surface area contributed by atoms with Crippen LogP contribution in [0, 0.1) is 5.82 Å². The first-order chi connectivity index (χ1) is 15.5. The van der Waals surface area contributed by atoms with Crippen molar-refractivity contribution in [3.8, 4) is 5.75 Å². The van der Waals surface area contributed by atoms with Crippen molar-refractivity contribution in [2.45, 2.75) is 32.4 Å². The highest BCUT2D eigenvalue weighted by Gasteiger charge is 2.34. The second-order valence-corrected chi connectivity index (χ2v) is 8.90. The Labute approximate surface area is 190 Å². The highest BCUT2D eigenvalue weighted by atomic mass is 32.1. The van der Waals surface area contributed by atoms with Gasteiger partial charge in [0.15, 0.2) is 17.3 Å². The molecule has 0 saturated heterocycles. The summed E-state index contributed by atoms with van der Waals surface area (Å²) in [5.74, 6) is -0.603. The molecule has 32 heavy (non-hydrogen) atoms. The predicted molar refractivity (Wildman–Crippen MR) is 119 cm³/mol. The summed E-state index contributed by atoms with van der Waals surface area (Å²) in [6.45, 7) is 4.29. The van der Waals surface area contributed by atoms with Crippen molar-refractivity contribution >= 4 is 23.2 Å². The van der Waals surface area contributed by atoms with E-state index in [0.29, 0.717) is 6.54 Å². The van der Waals surface area contributed by atoms with E-state index in [-0.39, 0.29) is 48.6 Å². The van der Waals surface area contributed by atoms with Crippen molar-refractivity contribution in [2.24, 2.45) is 0 Å². The lowest BCUT2D eigenvalue weighted by Gasteiger charge is -2.37. The third-order valence-electron chi connectivity index (χ3n) is 5.57. The van der Waals surface area contributed by atoms with Crippen LogP contribution in [0.4, 0.5) is 4.39 Å². The maximum Gasteiger partial charge on any atom is 0.290 e. The standard InChI is InChI=1S/C24H25FN2O4S/c1-16(2)27(24(29)21-8-5-12-30-21)14-23(28)26-11-9-22-17(10-13-32-22)19(26)15-31-20-7-4-3-6-18(20)25/h3-8,10,12-13,16,19H,9,11,14-15H2,1-2H3. The first-order valence-corrected chi connectivity index (χ1v) is 11.4. The predicted octanol–water partition coefficient (Wildman–Crippen LogP) is 4.54. The van der Waals surface area contributed by atoms with Crippen molar-refractivity contribution in [3.05, 3.63) is 76.1 Å². The van der Waals surface area contributed by atoms with Gasteiger partial charge in [0.25, 0.3) is 5.91 Å². The van der Waals surface area contributed by atoms with Gasteiger partial charge in [-0.2, -0.15) is 0 Å². The van der Waals surface area contributed by atoms with E-state index in [2.05, 4.69) is 0 Å². The molecule has 0 N–H and O–H groups in total. The van der Waals surface area contributed by atoms with Crippen LogP contribution in [0.2, 0.25) is 0 Å². The number of carbonyl (C=O) groups is 2. The van der Waals surface area contributed by atoms with Crippen LogP contribution < -0.4 is 4.74 Å². The molecule has 6 nitrogen and oxygen atoms in total. The fourth-order valence-electron chi connectivity index (χ4n) is 3.87. The fourth-order valence-corrected chi connectivity index (χ4v) is 4.80. The summed E-state index contributed by atoms with van der Waals surface area (Å²) in [5.41, 5.74) is 1.01. The van der Waals surface area contributed by atoms with E-state index in [9.17, 15) is 14.0 Å². The van der Waals surface area contributed by atoms with Gasteiger partial charge < -0.3 is 19.0 Å². The summed E-state index contributed by atoms with van der Waals surface area (Å²) in [4.78, 5) is 30.7. The largest absolute Gasteiger partial charge is 0.488 e. The number of amides is 2. The SMILES string of the molecule is CC(C)N(CC(=O)N1CCc2sccc2C1COc1ccccc1F)C(=O)c1ccco1. The number of fused-ring (bicyclic) bond motifs is 1. The molecule has 1 aromatic carbocycles. The highest BCUT2D eigenvalue weighted by molar-refractivity contribution is 7.10. The highest BCUT2D eigenvalue weighted by Crippen LogP contribution is 2.34. The maximum atomic E-state index is 14.1. The van der Waals surface area contributed by atoms with Gasteiger partial charge in [0.05, 0.1) is 12.3 Å². The monoisotopic (exact) mass is 456 g/mol. The molecule has 0 bridgehead atoms. The lowest BCUT2D eigenvalue weighted by molar-refractivity contribution is -0.136. The van der Waals surface area contributed by atoms with Gasteiger partial charge in [0.1, 0.15) is 13.2 Å². The van der Waals surface area contributed by atoms with Crippen molar-refractivity contribution in [1.82, 2.24) is 9.80 Å². The molecule has 168 valence electrons. The van der Waals surface area contributed by atoms with Gasteiger partial charge in [-0.25, -0.2) is 4.39 Å². The van der Waals surface area contributed by atoms with Crippen LogP contribution in [0.1, 0.15) is 40.9 Å². The molecule has 0 fully saturated rings. The van der Waals surface area contributed by atoms with E-state index < -0.39 is 5.82 Å². The molecule has 2 aromatic heterocycles. The van der Waals surface area contributed by atoms with Gasteiger partial charge in [-0.05, 0) is 61.5 Å². The van der Waals surface area contributed by atoms with Crippen molar-refractivity contribution in [2.75, 3.05) is 19.7 Å². The summed E-state index contributed by atoms with van der Waals surface area (Å²) >= 11 is 1.65. The van der Waals surface area contributed by atoms with Crippen molar-refractivity contribution < 1.29 is 23.1 Å². The minimum absolute atomic E-state index is 0.0765. The average molecular weight is 457 g/mol. The number of para-hydroxylation sites is 1. The molecule has 0 radical (unpaired) electrons. The van der Waals surface area contributed by atoms with E-state index in [0.717, 1.165) is 12.0 Å². The molecule has 1 unspecified atom stereocenters. The zero-order valence-corrected chi connectivity index (χ0v) is 18.8. The zero-order chi connectivity index (χ0) is 22.7. The number of ether oxygens (including phenoxy) is 1. The van der Waals surface area contributed by atoms with Gasteiger partial charge in [0.2, 0.25) is 5.91 Å². The Hall–Kier alpha value is -3.13. The van der Waals surface area contributed by atoms with Gasteiger partial charge >= 0.3 is 0 Å². The quantitative estimate of drug-likeness (QED) is 0.524. The van der Waals surface area contributed by atoms with E-state index in [1.807, 2.05) is 25.3 Å². The van der Waals surface area contributed by atoms with Crippen LogP contribution in [0.5, 0.6) is 5.75 Å². The molecule has 1 aliphatic heterocycles. The van der Waals surface area contributed by atoms with Crippen LogP contribution >= 0.6 is 11.3 Å². The Balaban J connectivity index is 1.53. The Morgan fingerprint density at radius 3 is 2.78 bits per heavy atom. The molecule has 0 spiro atoms. The van der Waals surface area contributed by atoms with Crippen LogP contribution in [0.25, 0.3) is 0 Å². The molecule has 8 heteroatoms. The van der Waals surface area contributed by atoms with Gasteiger partial charge in [0, 0.05) is 17.5 Å². The van der Waals surface area contributed by atoms with Gasteiger partial charge in [-0.15, -0.1) is 11.3 Å². The number of benzene rings is 1. The first-order valence-electron chi connectivity index (χ1n) is 10.5. The molecule has 0 aliphatic carbocycles. The zero-order valence-electron chi connectivity index (χ0n) is 18.0. The lowest BCUT2D eigenvalue weighted by Crippen LogP contribution is -2.49. The van der Waals surface area contributed by atoms with Gasteiger partial charge in [-0.3, -0.25) is 9.59 Å². The van der Waals surface area contributed by atoms with Crippen LogP contribution in [0.15, 0.2) is 58.5 Å². The summed E-state index contributed by atoms with van der Waals surface area (Å²) in [6, 6.07) is 10.9. The number of halogens is 1. The summed E-state index contributed by atoms with van der Waals surface area (Å²) < 4.78 is 25.1. The Kier molecular flexibility index (Phi) is 6.60. The molecular weight excluding hydrogens is 431 g/mol. The molecular formula is C24H25FN2O4S. The smallest absolute Gasteiger partial charge is 0.290 e. The van der Waals surface area contributed by atoms with E-state index in [1.54, 1.807) is 46.6 Å². The Morgan fingerprint density at radius 1 is 1.25 bits per heavy atom. The van der Waals surface area contributed by atoms with Crippen molar-refractivity contribution in [1.29, 1.82) is 0 Å². The van der Waals surface area contributed by atoms with E-state index in [4.69, 9.17) is 9.15 Å². The number of hydrogen-bond donors (Lipinski definition) is 0. The third kappa shape index (κ3) is 4.55. The fraction of sp³-hybridized carbons (Fsp3) is 0.333. The number of furan rings is 1. The minimum Gasteiger partial charge on any atom is -0.488 e. The molecule has 4 rings (SSSR count). The lowest BCUT2D eigenvalue weighted by atomic mass is 10.00. The molecule has 3 heterocycles. The van der Waals surface area contributed by atoms with Crippen molar-refractivity contribution in [3.63, 3.8) is 0 Å². The number of thiophene rings is 1. The topological polar surface area (TPSA) is 63.0 Å². The number of nitrogens with zero attached hydrogens (tertiary/aromatic N) is 2. The summed E-state index contributed by atoms with van der Waals surface area (Å²) in [6.07, 6.45) is 2.18. The number of carbonyl (C=O) groups excluding carboxylic acids is 2. The molecule has 1 aliphatic rings. The minimum atomic E-state index is -0.443. The summed E-state index contributed by atoms with van der Waals surface area (Å²) in [5, 5.41) is 2.00. The first kappa shape index (κ1) is 22.1. The molecule has 2 amide bonds. The Morgan fingerprint density at radius 2 is 2.06 bits per heavy atom. The third-order valence-corrected chi connectivity index (χ3v) is 6.57. The van der Waals surface area contributed by atoms with Crippen LogP contribution in [-0.2, 0) is 11.2 Å². The molecule has 3 aromatic rings. The Bertz CT molecular complexity index is 1080. The molecule has 0 saturated carbocycles. The maximum absolute atomic E-state index is 14.1. The van der Waals surface area contributed by atoms with Gasteiger partial charge in [-0.1, -0.05) is 12.1 Å². The second kappa shape index (κ2) is 9.56. The van der Waals surface area contributed by atoms with E-state index >= 15 is 0 Å². The second-order valence-electron chi connectivity index (χ2n) is 7.90. The molecule has 1 atom stereocenters. The average Bonchev–Trinajstić information content (AvgIpc) is 3.48. The van der Waals surface area contributed by atoms with Crippen LogP contribution in [-0.4, -0.2) is 47.4 Å². The number of rotatable bonds is 7. The normalized spacial score (nSPS) is 15.5.